The molecule has 4 heterocycles. The van der Waals surface area contributed by atoms with Crippen molar-refractivity contribution in [3.63, 3.8) is 0 Å². The number of carbonyl (C=O) groups excluding carboxylic acids is 1. The number of nitrogens with zero attached hydrogens (tertiary/aromatic N) is 2. The molecule has 2 aliphatic rings. The fourth-order valence-corrected chi connectivity index (χ4v) is 5.54. The lowest BCUT2D eigenvalue weighted by molar-refractivity contribution is 0.0925. The maximum absolute atomic E-state index is 12.9. The first-order valence-corrected chi connectivity index (χ1v) is 11.3. The van der Waals surface area contributed by atoms with Gasteiger partial charge < -0.3 is 14.5 Å². The number of pyridine rings is 1. The number of hydrogen-bond acceptors (Lipinski definition) is 6. The van der Waals surface area contributed by atoms with Gasteiger partial charge in [-0.2, -0.15) is 4.31 Å². The predicted octanol–water partition coefficient (Wildman–Crippen LogP) is 2.17. The number of furan rings is 1. The molecule has 0 aliphatic carbocycles. The van der Waals surface area contributed by atoms with Crippen LogP contribution in [0.3, 0.4) is 0 Å². The van der Waals surface area contributed by atoms with E-state index in [0.29, 0.717) is 31.2 Å². The fourth-order valence-electron chi connectivity index (χ4n) is 4.03. The molecule has 5 rings (SSSR count). The zero-order valence-electron chi connectivity index (χ0n) is 16.2. The Morgan fingerprint density at radius 3 is 2.80 bits per heavy atom. The molecule has 1 amide bonds. The van der Waals surface area contributed by atoms with Crippen LogP contribution in [0, 0.1) is 5.92 Å². The number of fused-ring (bicyclic) bond motifs is 2. The Morgan fingerprint density at radius 1 is 1.20 bits per heavy atom. The van der Waals surface area contributed by atoms with Crippen molar-refractivity contribution < 1.29 is 22.4 Å². The highest BCUT2D eigenvalue weighted by atomic mass is 32.2. The number of nitrogens with one attached hydrogen (secondary N) is 1. The molecule has 0 spiro atoms. The van der Waals surface area contributed by atoms with Gasteiger partial charge in [-0.25, -0.2) is 8.42 Å². The molecule has 2 fully saturated rings. The third-order valence-corrected chi connectivity index (χ3v) is 7.57. The molecule has 0 radical (unpaired) electrons. The summed E-state index contributed by atoms with van der Waals surface area (Å²) in [5.74, 6) is 0.161. The van der Waals surface area contributed by atoms with Crippen molar-refractivity contribution in [3.8, 4) is 0 Å². The maximum atomic E-state index is 12.9. The normalized spacial score (nSPS) is 21.7. The molecule has 0 saturated carbocycles. The second-order valence-electron chi connectivity index (χ2n) is 7.63. The van der Waals surface area contributed by atoms with E-state index in [1.165, 1.54) is 4.31 Å². The van der Waals surface area contributed by atoms with Crippen LogP contribution >= 0.6 is 0 Å². The van der Waals surface area contributed by atoms with E-state index in [2.05, 4.69) is 10.3 Å². The average molecular weight is 427 g/mol. The van der Waals surface area contributed by atoms with E-state index >= 15 is 0 Å². The van der Waals surface area contributed by atoms with Crippen molar-refractivity contribution in [2.24, 2.45) is 5.92 Å². The number of carbonyl (C=O) groups is 1. The Hall–Kier alpha value is -2.75. The number of amides is 1. The Morgan fingerprint density at radius 2 is 2.03 bits per heavy atom. The summed E-state index contributed by atoms with van der Waals surface area (Å²) in [5.41, 5.74) is 1.34. The standard InChI is InChI=1S/C21H21N3O5S/c25-21(18-9-15-5-7-22-11-19(15)29-18)23-10-14-1-3-17(4-2-14)30(26,27)24-12-16-6-8-28-20(16)13-24/h1-5,7,9,11,16,20H,6,8,10,12-13H2,(H,23,25). The molecule has 2 unspecified atom stereocenters. The van der Waals surface area contributed by atoms with Crippen LogP contribution in [0.4, 0.5) is 0 Å². The van der Waals surface area contributed by atoms with E-state index < -0.39 is 10.0 Å². The quantitative estimate of drug-likeness (QED) is 0.670. The molecule has 2 atom stereocenters. The zero-order valence-corrected chi connectivity index (χ0v) is 17.0. The molecule has 2 aromatic heterocycles. The molecule has 9 heteroatoms. The minimum Gasteiger partial charge on any atom is -0.449 e. The summed E-state index contributed by atoms with van der Waals surface area (Å²) in [6.07, 6.45) is 4.13. The summed E-state index contributed by atoms with van der Waals surface area (Å²) in [5, 5.41) is 3.59. The highest BCUT2D eigenvalue weighted by Gasteiger charge is 2.42. The maximum Gasteiger partial charge on any atom is 0.287 e. The first kappa shape index (κ1) is 19.2. The lowest BCUT2D eigenvalue weighted by Crippen LogP contribution is -2.30. The number of rotatable bonds is 5. The van der Waals surface area contributed by atoms with Crippen LogP contribution in [0.5, 0.6) is 0 Å². The summed E-state index contributed by atoms with van der Waals surface area (Å²) < 4.78 is 38.4. The van der Waals surface area contributed by atoms with Gasteiger partial charge in [-0.1, -0.05) is 12.1 Å². The van der Waals surface area contributed by atoms with Gasteiger partial charge in [-0.15, -0.1) is 0 Å². The zero-order chi connectivity index (χ0) is 20.7. The fraction of sp³-hybridized carbons (Fsp3) is 0.333. The summed E-state index contributed by atoms with van der Waals surface area (Å²) in [4.78, 5) is 16.6. The third kappa shape index (κ3) is 3.49. The van der Waals surface area contributed by atoms with Crippen molar-refractivity contribution in [1.82, 2.24) is 14.6 Å². The monoisotopic (exact) mass is 427 g/mol. The average Bonchev–Trinajstić information content (AvgIpc) is 3.46. The van der Waals surface area contributed by atoms with Crippen LogP contribution in [0.25, 0.3) is 11.0 Å². The van der Waals surface area contributed by atoms with Crippen LogP contribution in [0.15, 0.2) is 58.1 Å². The molecule has 3 aromatic rings. The van der Waals surface area contributed by atoms with Crippen molar-refractivity contribution >= 4 is 26.9 Å². The van der Waals surface area contributed by atoms with Gasteiger partial charge in [0, 0.05) is 43.7 Å². The highest BCUT2D eigenvalue weighted by molar-refractivity contribution is 7.89. The molecule has 30 heavy (non-hydrogen) atoms. The summed E-state index contributed by atoms with van der Waals surface area (Å²) in [7, 11) is -3.54. The second kappa shape index (κ2) is 7.50. The molecule has 1 N–H and O–H groups in total. The number of aromatic nitrogens is 1. The summed E-state index contributed by atoms with van der Waals surface area (Å²) >= 11 is 0. The number of hydrogen-bond donors (Lipinski definition) is 1. The Balaban J connectivity index is 1.23. The van der Waals surface area contributed by atoms with Gasteiger partial charge in [-0.3, -0.25) is 9.78 Å². The molecule has 8 nitrogen and oxygen atoms in total. The van der Waals surface area contributed by atoms with E-state index in [1.54, 1.807) is 48.8 Å². The third-order valence-electron chi connectivity index (χ3n) is 5.73. The van der Waals surface area contributed by atoms with Crippen LogP contribution in [0.2, 0.25) is 0 Å². The van der Waals surface area contributed by atoms with Gasteiger partial charge in [0.2, 0.25) is 10.0 Å². The molecule has 1 aromatic carbocycles. The molecule has 2 saturated heterocycles. The SMILES string of the molecule is O=C(NCc1ccc(S(=O)(=O)N2CC3CCOC3C2)cc1)c1cc2ccncc2o1. The highest BCUT2D eigenvalue weighted by Crippen LogP contribution is 2.32. The van der Waals surface area contributed by atoms with E-state index in [9.17, 15) is 13.2 Å². The number of benzene rings is 1. The van der Waals surface area contributed by atoms with Crippen LogP contribution in [-0.2, 0) is 21.3 Å². The van der Waals surface area contributed by atoms with Gasteiger partial charge in [0.1, 0.15) is 0 Å². The molecular formula is C21H21N3O5S. The van der Waals surface area contributed by atoms with Gasteiger partial charge >= 0.3 is 0 Å². The first-order chi connectivity index (χ1) is 14.5. The van der Waals surface area contributed by atoms with Gasteiger partial charge in [0.15, 0.2) is 11.3 Å². The van der Waals surface area contributed by atoms with E-state index in [4.69, 9.17) is 9.15 Å². The smallest absolute Gasteiger partial charge is 0.287 e. The largest absolute Gasteiger partial charge is 0.449 e. The van der Waals surface area contributed by atoms with E-state index in [-0.39, 0.29) is 29.2 Å². The van der Waals surface area contributed by atoms with Crippen molar-refractivity contribution in [3.05, 3.63) is 60.1 Å². The van der Waals surface area contributed by atoms with E-state index in [1.807, 2.05) is 0 Å². The van der Waals surface area contributed by atoms with Gasteiger partial charge in [-0.05, 0) is 36.2 Å². The van der Waals surface area contributed by atoms with Crippen molar-refractivity contribution in [2.45, 2.75) is 24.0 Å². The number of sulfonamides is 1. The summed E-state index contributed by atoms with van der Waals surface area (Å²) in [6.45, 7) is 1.90. The molecule has 156 valence electrons. The molecular weight excluding hydrogens is 406 g/mol. The molecule has 0 bridgehead atoms. The van der Waals surface area contributed by atoms with Crippen molar-refractivity contribution in [2.75, 3.05) is 19.7 Å². The van der Waals surface area contributed by atoms with Crippen LogP contribution in [0.1, 0.15) is 22.5 Å². The van der Waals surface area contributed by atoms with Crippen LogP contribution < -0.4 is 5.32 Å². The first-order valence-electron chi connectivity index (χ1n) is 9.83. The topological polar surface area (TPSA) is 102 Å². The van der Waals surface area contributed by atoms with Crippen molar-refractivity contribution in [1.29, 1.82) is 0 Å². The lowest BCUT2D eigenvalue weighted by Gasteiger charge is -2.17. The number of ether oxygens (including phenoxy) is 1. The van der Waals surface area contributed by atoms with E-state index in [0.717, 1.165) is 17.4 Å². The Bertz CT molecular complexity index is 1140. The minimum atomic E-state index is -3.54. The second-order valence-corrected chi connectivity index (χ2v) is 9.57. The van der Waals surface area contributed by atoms with Crippen LogP contribution in [-0.4, -0.2) is 49.4 Å². The van der Waals surface area contributed by atoms with Gasteiger partial charge in [0.05, 0.1) is 17.2 Å². The molecule has 2 aliphatic heterocycles. The lowest BCUT2D eigenvalue weighted by atomic mass is 10.1. The minimum absolute atomic E-state index is 0.0169. The summed E-state index contributed by atoms with van der Waals surface area (Å²) in [6, 6.07) is 10.0. The Labute approximate surface area is 173 Å². The Kier molecular flexibility index (Phi) is 4.80. The van der Waals surface area contributed by atoms with Gasteiger partial charge in [0.25, 0.3) is 5.91 Å². The predicted molar refractivity (Wildman–Crippen MR) is 108 cm³/mol.